The zero-order chi connectivity index (χ0) is 14.5. The summed E-state index contributed by atoms with van der Waals surface area (Å²) in [5, 5.41) is 0. The van der Waals surface area contributed by atoms with Gasteiger partial charge in [0.15, 0.2) is 0 Å². The molecule has 2 aliphatic carbocycles. The van der Waals surface area contributed by atoms with Crippen LogP contribution in [0, 0.1) is 24.7 Å². The molecule has 4 heteroatoms. The van der Waals surface area contributed by atoms with Gasteiger partial charge in [-0.25, -0.2) is 8.37 Å². The Labute approximate surface area is 124 Å². The summed E-state index contributed by atoms with van der Waals surface area (Å²) in [6.45, 7) is 0. The van der Waals surface area contributed by atoms with Gasteiger partial charge in [0.25, 0.3) is 0 Å². The molecule has 0 spiro atoms. The van der Waals surface area contributed by atoms with Gasteiger partial charge in [-0.2, -0.15) is 4.21 Å². The molecule has 0 radical (unpaired) electrons. The van der Waals surface area contributed by atoms with Crippen molar-refractivity contribution in [2.45, 2.75) is 75.4 Å². The first-order valence-corrected chi connectivity index (χ1v) is 8.40. The number of rotatable bonds is 4. The van der Waals surface area contributed by atoms with Crippen LogP contribution in [0.4, 0.5) is 0 Å². The van der Waals surface area contributed by atoms with Gasteiger partial charge in [-0.1, -0.05) is 24.7 Å². The zero-order valence-electron chi connectivity index (χ0n) is 11.9. The Morgan fingerprint density at radius 1 is 0.750 bits per heavy atom. The first kappa shape index (κ1) is 15.6. The van der Waals surface area contributed by atoms with E-state index in [1.54, 1.807) is 0 Å². The first-order chi connectivity index (χ1) is 9.64. The standard InChI is InChI=1S/C16H22O3S/c1-3-15(11-7-5-8-12-15)18-20(17)19-16(4-2)13-9-6-10-14-16/h1-2H,5-14H2. The van der Waals surface area contributed by atoms with E-state index in [0.29, 0.717) is 0 Å². The van der Waals surface area contributed by atoms with Gasteiger partial charge >= 0.3 is 11.4 Å². The third-order valence-corrected chi connectivity index (χ3v) is 5.21. The van der Waals surface area contributed by atoms with Crippen LogP contribution in [0.15, 0.2) is 0 Å². The van der Waals surface area contributed by atoms with Crippen LogP contribution in [-0.4, -0.2) is 15.4 Å². The molecule has 0 saturated heterocycles. The predicted octanol–water partition coefficient (Wildman–Crippen LogP) is 3.27. The van der Waals surface area contributed by atoms with Crippen LogP contribution in [0.25, 0.3) is 0 Å². The van der Waals surface area contributed by atoms with E-state index in [4.69, 9.17) is 21.2 Å². The lowest BCUT2D eigenvalue weighted by atomic mass is 9.86. The second kappa shape index (κ2) is 6.76. The molecule has 0 bridgehead atoms. The van der Waals surface area contributed by atoms with Crippen LogP contribution >= 0.6 is 0 Å². The molecule has 20 heavy (non-hydrogen) atoms. The number of hydrogen-bond acceptors (Lipinski definition) is 3. The molecule has 0 aromatic heterocycles. The highest BCUT2D eigenvalue weighted by Gasteiger charge is 2.38. The Hall–Kier alpha value is -0.810. The Kier molecular flexibility index (Phi) is 5.27. The zero-order valence-corrected chi connectivity index (χ0v) is 12.7. The summed E-state index contributed by atoms with van der Waals surface area (Å²) in [4.78, 5) is 0. The van der Waals surface area contributed by atoms with E-state index < -0.39 is 22.6 Å². The SMILES string of the molecule is C#CC1(OS(=O)OC2(C#C)CCCCC2)CCCCC1. The normalized spacial score (nSPS) is 24.8. The maximum Gasteiger partial charge on any atom is 0.307 e. The maximum atomic E-state index is 12.2. The van der Waals surface area contributed by atoms with Crippen LogP contribution in [0.1, 0.15) is 64.2 Å². The maximum absolute atomic E-state index is 12.2. The van der Waals surface area contributed by atoms with E-state index in [-0.39, 0.29) is 0 Å². The van der Waals surface area contributed by atoms with E-state index in [9.17, 15) is 4.21 Å². The Morgan fingerprint density at radius 3 is 1.40 bits per heavy atom. The summed E-state index contributed by atoms with van der Waals surface area (Å²) < 4.78 is 23.3. The largest absolute Gasteiger partial charge is 0.307 e. The Bertz CT molecular complexity index is 392. The van der Waals surface area contributed by atoms with Crippen LogP contribution in [0.3, 0.4) is 0 Å². The van der Waals surface area contributed by atoms with Crippen molar-refractivity contribution in [1.29, 1.82) is 0 Å². The second-order valence-electron chi connectivity index (χ2n) is 5.77. The predicted molar refractivity (Wildman–Crippen MR) is 79.6 cm³/mol. The third-order valence-electron chi connectivity index (χ3n) is 4.30. The van der Waals surface area contributed by atoms with Crippen molar-refractivity contribution in [2.24, 2.45) is 0 Å². The monoisotopic (exact) mass is 294 g/mol. The molecule has 0 aliphatic heterocycles. The van der Waals surface area contributed by atoms with Gasteiger partial charge in [-0.3, -0.25) is 0 Å². The highest BCUT2D eigenvalue weighted by molar-refractivity contribution is 7.75. The molecule has 0 aromatic rings. The van der Waals surface area contributed by atoms with Crippen molar-refractivity contribution in [1.82, 2.24) is 0 Å². The average Bonchev–Trinajstić information content (AvgIpc) is 2.49. The lowest BCUT2D eigenvalue weighted by Gasteiger charge is -2.34. The molecule has 2 aliphatic rings. The summed E-state index contributed by atoms with van der Waals surface area (Å²) >= 11 is -1.88. The molecule has 0 heterocycles. The van der Waals surface area contributed by atoms with E-state index in [1.165, 1.54) is 0 Å². The summed E-state index contributed by atoms with van der Waals surface area (Å²) in [6.07, 6.45) is 20.4. The summed E-state index contributed by atoms with van der Waals surface area (Å²) in [6, 6.07) is 0. The molecule has 0 N–H and O–H groups in total. The summed E-state index contributed by atoms with van der Waals surface area (Å²) in [5.74, 6) is 5.34. The first-order valence-electron chi connectivity index (χ1n) is 7.40. The van der Waals surface area contributed by atoms with Crippen molar-refractivity contribution < 1.29 is 12.6 Å². The van der Waals surface area contributed by atoms with Gasteiger partial charge in [0.05, 0.1) is 0 Å². The molecule has 0 unspecified atom stereocenters. The topological polar surface area (TPSA) is 35.5 Å². The van der Waals surface area contributed by atoms with Crippen molar-refractivity contribution in [2.75, 3.05) is 0 Å². The van der Waals surface area contributed by atoms with Gasteiger partial charge in [0.1, 0.15) is 11.2 Å². The fourth-order valence-electron chi connectivity index (χ4n) is 3.03. The summed E-state index contributed by atoms with van der Waals surface area (Å²) in [5.41, 5.74) is -1.48. The van der Waals surface area contributed by atoms with Gasteiger partial charge in [-0.05, 0) is 51.4 Å². The van der Waals surface area contributed by atoms with Gasteiger partial charge in [-0.15, -0.1) is 12.8 Å². The molecule has 0 aromatic carbocycles. The summed E-state index contributed by atoms with van der Waals surface area (Å²) in [7, 11) is 0. The van der Waals surface area contributed by atoms with E-state index >= 15 is 0 Å². The van der Waals surface area contributed by atoms with E-state index in [1.807, 2.05) is 0 Å². The lowest BCUT2D eigenvalue weighted by Crippen LogP contribution is -2.39. The Balaban J connectivity index is 1.97. The fourth-order valence-corrected chi connectivity index (χ4v) is 4.01. The lowest BCUT2D eigenvalue weighted by molar-refractivity contribution is 0.0429. The third kappa shape index (κ3) is 3.64. The molecule has 110 valence electrons. The van der Waals surface area contributed by atoms with E-state index in [0.717, 1.165) is 64.2 Å². The van der Waals surface area contributed by atoms with Crippen LogP contribution in [-0.2, 0) is 19.7 Å². The molecule has 2 rings (SSSR count). The van der Waals surface area contributed by atoms with Gasteiger partial charge in [0, 0.05) is 0 Å². The minimum Gasteiger partial charge on any atom is -0.249 e. The van der Waals surface area contributed by atoms with Crippen LogP contribution in [0.5, 0.6) is 0 Å². The fraction of sp³-hybridized carbons (Fsp3) is 0.750. The molecule has 0 atom stereocenters. The molecular weight excluding hydrogens is 272 g/mol. The molecule has 3 nitrogen and oxygen atoms in total. The smallest absolute Gasteiger partial charge is 0.249 e. The molecule has 2 saturated carbocycles. The highest BCUT2D eigenvalue weighted by atomic mass is 32.2. The highest BCUT2D eigenvalue weighted by Crippen LogP contribution is 2.35. The van der Waals surface area contributed by atoms with Crippen molar-refractivity contribution in [3.8, 4) is 24.7 Å². The van der Waals surface area contributed by atoms with Crippen molar-refractivity contribution in [3.63, 3.8) is 0 Å². The second-order valence-corrected chi connectivity index (χ2v) is 6.51. The quantitative estimate of drug-likeness (QED) is 0.747. The molecule has 0 amide bonds. The molecule has 2 fully saturated rings. The van der Waals surface area contributed by atoms with Crippen molar-refractivity contribution >= 4 is 11.4 Å². The number of hydrogen-bond donors (Lipinski definition) is 0. The van der Waals surface area contributed by atoms with Crippen LogP contribution < -0.4 is 0 Å². The number of terminal acetylenes is 2. The van der Waals surface area contributed by atoms with E-state index in [2.05, 4.69) is 11.8 Å². The minimum atomic E-state index is -1.88. The minimum absolute atomic E-state index is 0.738. The van der Waals surface area contributed by atoms with Crippen LogP contribution in [0.2, 0.25) is 0 Å². The van der Waals surface area contributed by atoms with Gasteiger partial charge in [0.2, 0.25) is 0 Å². The van der Waals surface area contributed by atoms with Gasteiger partial charge < -0.3 is 0 Å². The molecular formula is C16H22O3S. The Morgan fingerprint density at radius 2 is 1.10 bits per heavy atom. The van der Waals surface area contributed by atoms with Crippen molar-refractivity contribution in [3.05, 3.63) is 0 Å². The average molecular weight is 294 g/mol.